The minimum Gasteiger partial charge on any atom is -0.324 e. The molecule has 1 aliphatic carbocycles. The Morgan fingerprint density at radius 1 is 1.33 bits per heavy atom. The van der Waals surface area contributed by atoms with Gasteiger partial charge in [-0.15, -0.1) is 0 Å². The van der Waals surface area contributed by atoms with Crippen molar-refractivity contribution < 1.29 is 0 Å². The average Bonchev–Trinajstić information content (AvgIpc) is 2.41. The molecule has 1 saturated carbocycles. The van der Waals surface area contributed by atoms with Crippen molar-refractivity contribution in [3.05, 3.63) is 0 Å². The highest BCUT2D eigenvalue weighted by molar-refractivity contribution is 5.15. The smallest absolute Gasteiger partial charge is 0.0338 e. The highest BCUT2D eigenvalue weighted by Gasteiger charge is 2.58. The number of nitrogens with two attached hydrogens (primary N) is 1. The molecule has 1 radical (unpaired) electrons. The molecule has 1 aliphatic heterocycles. The molecule has 2 fully saturated rings. The fourth-order valence-electron chi connectivity index (χ4n) is 1.73. The van der Waals surface area contributed by atoms with Gasteiger partial charge in [0.25, 0.3) is 0 Å². The molecule has 1 atom stereocenters. The molecule has 2 rings (SSSR count). The van der Waals surface area contributed by atoms with E-state index in [1.165, 1.54) is 12.8 Å². The molecule has 2 heteroatoms. The molecule has 2 aliphatic rings. The van der Waals surface area contributed by atoms with E-state index in [4.69, 9.17) is 5.73 Å². The van der Waals surface area contributed by atoms with Crippen molar-refractivity contribution in [2.24, 2.45) is 11.1 Å². The summed E-state index contributed by atoms with van der Waals surface area (Å²) >= 11 is 0. The van der Waals surface area contributed by atoms with Crippen LogP contribution in [-0.4, -0.2) is 18.6 Å². The number of rotatable bonds is 0. The molecular weight excluding hydrogens is 112 g/mol. The molecule has 0 aromatic heterocycles. The summed E-state index contributed by atoms with van der Waals surface area (Å²) in [6.07, 6.45) is 2.62. The second kappa shape index (κ2) is 1.32. The summed E-state index contributed by atoms with van der Waals surface area (Å²) in [6, 6.07) is 0. The normalized spacial score (nSPS) is 46.0. The Balaban J connectivity index is 2.23. The Hall–Kier alpha value is -0.0800. The highest BCUT2D eigenvalue weighted by atomic mass is 15.1. The number of nitrogens with zero attached hydrogens (tertiary/aromatic N) is 1. The average molecular weight is 125 g/mol. The summed E-state index contributed by atoms with van der Waals surface area (Å²) in [5, 5.41) is 4.33. The Morgan fingerprint density at radius 3 is 2.22 bits per heavy atom. The van der Waals surface area contributed by atoms with Crippen molar-refractivity contribution in [1.29, 1.82) is 0 Å². The first kappa shape index (κ1) is 5.69. The Morgan fingerprint density at radius 2 is 2.00 bits per heavy atom. The van der Waals surface area contributed by atoms with Crippen LogP contribution in [0, 0.1) is 5.41 Å². The summed E-state index contributed by atoms with van der Waals surface area (Å²) in [5.41, 5.74) is 6.51. The lowest BCUT2D eigenvalue weighted by Crippen LogP contribution is -2.45. The zero-order valence-corrected chi connectivity index (χ0v) is 5.85. The van der Waals surface area contributed by atoms with E-state index in [-0.39, 0.29) is 5.54 Å². The standard InChI is InChI=1S/C7H13N2/c1-6(8)4-9-5-7(6)2-3-7/h2-5,8H2,1H3. The summed E-state index contributed by atoms with van der Waals surface area (Å²) in [4.78, 5) is 0. The van der Waals surface area contributed by atoms with E-state index in [9.17, 15) is 0 Å². The van der Waals surface area contributed by atoms with Crippen molar-refractivity contribution in [2.75, 3.05) is 13.1 Å². The zero-order valence-electron chi connectivity index (χ0n) is 5.85. The minimum absolute atomic E-state index is 0.0347. The third-order valence-electron chi connectivity index (χ3n) is 2.92. The predicted octanol–water partition coefficient (Wildman–Crippen LogP) is 0.102. The monoisotopic (exact) mass is 125 g/mol. The lowest BCUT2D eigenvalue weighted by Gasteiger charge is -2.24. The first-order valence-corrected chi connectivity index (χ1v) is 3.59. The van der Waals surface area contributed by atoms with Crippen LogP contribution in [0.4, 0.5) is 0 Å². The van der Waals surface area contributed by atoms with Crippen LogP contribution in [0.1, 0.15) is 19.8 Å². The molecular formula is C7H13N2. The third-order valence-corrected chi connectivity index (χ3v) is 2.92. The maximum Gasteiger partial charge on any atom is 0.0338 e. The molecule has 0 amide bonds. The SMILES string of the molecule is CC1(N)C[N]CC12CC2. The quantitative estimate of drug-likeness (QED) is 0.490. The van der Waals surface area contributed by atoms with Gasteiger partial charge in [0, 0.05) is 24.0 Å². The van der Waals surface area contributed by atoms with Crippen molar-refractivity contribution in [1.82, 2.24) is 5.32 Å². The van der Waals surface area contributed by atoms with Gasteiger partial charge in [-0.05, 0) is 19.8 Å². The van der Waals surface area contributed by atoms with Crippen LogP contribution < -0.4 is 11.1 Å². The summed E-state index contributed by atoms with van der Waals surface area (Å²) < 4.78 is 0. The molecule has 9 heavy (non-hydrogen) atoms. The van der Waals surface area contributed by atoms with Gasteiger partial charge in [-0.1, -0.05) is 0 Å². The number of hydrogen-bond donors (Lipinski definition) is 1. The largest absolute Gasteiger partial charge is 0.324 e. The van der Waals surface area contributed by atoms with Crippen LogP contribution in [-0.2, 0) is 0 Å². The van der Waals surface area contributed by atoms with Gasteiger partial charge in [-0.3, -0.25) is 0 Å². The molecule has 0 aromatic carbocycles. The molecule has 1 saturated heterocycles. The lowest BCUT2D eigenvalue weighted by atomic mass is 9.87. The second-order valence-electron chi connectivity index (χ2n) is 3.74. The van der Waals surface area contributed by atoms with Gasteiger partial charge in [0.05, 0.1) is 0 Å². The number of hydrogen-bond acceptors (Lipinski definition) is 1. The van der Waals surface area contributed by atoms with Gasteiger partial charge in [0.1, 0.15) is 0 Å². The Bertz CT molecular complexity index is 132. The van der Waals surface area contributed by atoms with Crippen molar-refractivity contribution in [3.63, 3.8) is 0 Å². The van der Waals surface area contributed by atoms with E-state index in [0.717, 1.165) is 13.1 Å². The highest BCUT2D eigenvalue weighted by Crippen LogP contribution is 2.55. The van der Waals surface area contributed by atoms with Crippen molar-refractivity contribution >= 4 is 0 Å². The maximum absolute atomic E-state index is 6.02. The van der Waals surface area contributed by atoms with Crippen LogP contribution >= 0.6 is 0 Å². The van der Waals surface area contributed by atoms with E-state index in [1.807, 2.05) is 0 Å². The summed E-state index contributed by atoms with van der Waals surface area (Å²) in [7, 11) is 0. The molecule has 2 nitrogen and oxygen atoms in total. The van der Waals surface area contributed by atoms with Gasteiger partial charge < -0.3 is 5.73 Å². The maximum atomic E-state index is 6.02. The van der Waals surface area contributed by atoms with Gasteiger partial charge >= 0.3 is 0 Å². The van der Waals surface area contributed by atoms with Crippen molar-refractivity contribution in [2.45, 2.75) is 25.3 Å². The van der Waals surface area contributed by atoms with Gasteiger partial charge in [-0.2, -0.15) is 0 Å². The zero-order chi connectivity index (χ0) is 6.54. The first-order valence-electron chi connectivity index (χ1n) is 3.59. The molecule has 0 aromatic rings. The van der Waals surface area contributed by atoms with Crippen LogP contribution in [0.5, 0.6) is 0 Å². The molecule has 1 heterocycles. The molecule has 1 unspecified atom stereocenters. The van der Waals surface area contributed by atoms with Gasteiger partial charge in [-0.25, -0.2) is 5.32 Å². The molecule has 0 bridgehead atoms. The van der Waals surface area contributed by atoms with E-state index < -0.39 is 0 Å². The lowest BCUT2D eigenvalue weighted by molar-refractivity contribution is 0.354. The van der Waals surface area contributed by atoms with Crippen molar-refractivity contribution in [3.8, 4) is 0 Å². The molecule has 51 valence electrons. The van der Waals surface area contributed by atoms with Gasteiger partial charge in [0.15, 0.2) is 0 Å². The first-order chi connectivity index (χ1) is 4.16. The topological polar surface area (TPSA) is 40.1 Å². The fourth-order valence-corrected chi connectivity index (χ4v) is 1.73. The van der Waals surface area contributed by atoms with Gasteiger partial charge in [0.2, 0.25) is 0 Å². The second-order valence-corrected chi connectivity index (χ2v) is 3.74. The fraction of sp³-hybridized carbons (Fsp3) is 1.00. The van der Waals surface area contributed by atoms with Crippen LogP contribution in [0.3, 0.4) is 0 Å². The predicted molar refractivity (Wildman–Crippen MR) is 36.1 cm³/mol. The van der Waals surface area contributed by atoms with Crippen LogP contribution in [0.2, 0.25) is 0 Å². The van der Waals surface area contributed by atoms with E-state index in [0.29, 0.717) is 5.41 Å². The third kappa shape index (κ3) is 0.578. The van der Waals surface area contributed by atoms with E-state index in [1.54, 1.807) is 0 Å². The van der Waals surface area contributed by atoms with E-state index in [2.05, 4.69) is 12.2 Å². The molecule has 1 spiro atoms. The van der Waals surface area contributed by atoms with Crippen LogP contribution in [0.15, 0.2) is 0 Å². The molecule has 2 N–H and O–H groups in total. The Kier molecular flexibility index (Phi) is 0.837. The minimum atomic E-state index is 0.0347. The van der Waals surface area contributed by atoms with Crippen LogP contribution in [0.25, 0.3) is 0 Å². The van der Waals surface area contributed by atoms with E-state index >= 15 is 0 Å². The Labute approximate surface area is 55.8 Å². The summed E-state index contributed by atoms with van der Waals surface area (Å²) in [5.74, 6) is 0. The summed E-state index contributed by atoms with van der Waals surface area (Å²) in [6.45, 7) is 4.05.